The zero-order valence-corrected chi connectivity index (χ0v) is 49.8. The fourth-order valence-corrected chi connectivity index (χ4v) is 11.4. The van der Waals surface area contributed by atoms with Crippen LogP contribution in [0.4, 0.5) is 0 Å². The van der Waals surface area contributed by atoms with Crippen molar-refractivity contribution in [3.05, 3.63) is 29.8 Å². The standard InChI is InChI=1S/C56H91N5O27/c1-6-7-8-9-10-11-12-13-14-18-79-30-17-15-16-29(19-30)51(77)61-37-42(72)41(71)31(20-62)81-53(37)86-48-33(22-64)83-55(39(44(48)74)59-27(4)69)88-50-35(24-66)84-56(40(46(50)76)60-28(5)70)87-49-34(23-65)82-54(38(45(49)75)58-26(3)68)85-47-32(21-63)80-52(78)36(43(47)73)57-25(2)67/h15-17,19,31-50,52-56,62-66,71-76,78H,6-14,18,20-24H2,1-5H3,(H,57,67)(H,58,68)(H,59,69)(H,60,70)(H,61,77)/t31?,32?,33-,34-,35?,36-,37-,38?,39?,40-,41+,42?,43+,44?,45?,46+,47?,48+,49+,50?,52?,53?,54?,55-,56-/m0/s1. The molecule has 32 nitrogen and oxygen atoms in total. The molecule has 1 aromatic rings. The van der Waals surface area contributed by atoms with E-state index >= 15 is 0 Å². The van der Waals surface area contributed by atoms with Crippen molar-refractivity contribution in [3.8, 4) is 5.75 Å². The molecule has 88 heavy (non-hydrogen) atoms. The highest BCUT2D eigenvalue weighted by Gasteiger charge is 2.58. The first-order valence-electron chi connectivity index (χ1n) is 29.8. The topological polar surface area (TPSA) is 481 Å². The molecule has 5 heterocycles. The Morgan fingerprint density at radius 2 is 0.761 bits per heavy atom. The van der Waals surface area contributed by atoms with Gasteiger partial charge >= 0.3 is 0 Å². The number of aliphatic hydroxyl groups is 12. The van der Waals surface area contributed by atoms with E-state index in [2.05, 4.69) is 33.5 Å². The summed E-state index contributed by atoms with van der Waals surface area (Å²) in [6.45, 7) is 2.10. The first-order chi connectivity index (χ1) is 42.0. The monoisotopic (exact) mass is 1270 g/mol. The zero-order valence-electron chi connectivity index (χ0n) is 49.8. The van der Waals surface area contributed by atoms with Crippen molar-refractivity contribution in [3.63, 3.8) is 0 Å². The Balaban J connectivity index is 1.18. The SMILES string of the molecule is CCCCCCCCCCCOc1cccc(C(=O)N[C@@H]2C(O[C@H]3C(O)C(NC(C)=O)[C@H](OC4C(CO)O[C@@H](O[C@H]5C(O)C(NC(C)=O)C(OC6C(CO)OC(O)[C@@H](NC(C)=O)[C@H]6O)O[C@H]5CO)[C@@H](NC(C)=O)[C@H]4O)O[C@H]3CO)OC(CO)[C@@H](O)C2O)c1. The summed E-state index contributed by atoms with van der Waals surface area (Å²) in [4.78, 5) is 64.1. The van der Waals surface area contributed by atoms with Crippen LogP contribution in [0.2, 0.25) is 0 Å². The molecule has 502 valence electrons. The molecule has 13 unspecified atom stereocenters. The van der Waals surface area contributed by atoms with E-state index in [1.54, 1.807) is 12.1 Å². The van der Waals surface area contributed by atoms with Crippen molar-refractivity contribution in [2.75, 3.05) is 39.6 Å². The van der Waals surface area contributed by atoms with E-state index in [9.17, 15) is 85.3 Å². The summed E-state index contributed by atoms with van der Waals surface area (Å²) in [5.74, 6) is -3.50. The summed E-state index contributed by atoms with van der Waals surface area (Å²) in [6, 6.07) is -2.10. The first-order valence-corrected chi connectivity index (χ1v) is 29.8. The molecule has 5 aliphatic rings. The third-order valence-corrected chi connectivity index (χ3v) is 15.9. The Bertz CT molecular complexity index is 2350. The fraction of sp³-hybridized carbons (Fsp3) is 0.804. The maximum absolute atomic E-state index is 13.9. The molecule has 0 saturated carbocycles. The summed E-state index contributed by atoms with van der Waals surface area (Å²) in [7, 11) is 0. The van der Waals surface area contributed by atoms with Gasteiger partial charge in [-0.1, -0.05) is 64.4 Å². The second-order valence-electron chi connectivity index (χ2n) is 22.6. The number of aliphatic hydroxyl groups excluding tert-OH is 12. The Kier molecular flexibility index (Phi) is 28.7. The normalized spacial score (nSPS) is 37.7. The lowest BCUT2D eigenvalue weighted by atomic mass is 9.93. The average molecular weight is 1270 g/mol. The van der Waals surface area contributed by atoms with Crippen molar-refractivity contribution in [1.82, 2.24) is 26.6 Å². The average Bonchev–Trinajstić information content (AvgIpc) is 1.44. The molecule has 5 amide bonds. The predicted octanol–water partition coefficient (Wildman–Crippen LogP) is -6.00. The lowest BCUT2D eigenvalue weighted by molar-refractivity contribution is -0.367. The first kappa shape index (κ1) is 72.6. The molecular formula is C56H91N5O27. The van der Waals surface area contributed by atoms with Crippen LogP contribution in [0.1, 0.15) is 103 Å². The van der Waals surface area contributed by atoms with Gasteiger partial charge in [-0.15, -0.1) is 0 Å². The van der Waals surface area contributed by atoms with E-state index in [0.29, 0.717) is 12.4 Å². The number of nitrogens with one attached hydrogen (secondary N) is 5. The molecule has 0 spiro atoms. The van der Waals surface area contributed by atoms with Crippen molar-refractivity contribution < 1.29 is 133 Å². The van der Waals surface area contributed by atoms with Gasteiger partial charge in [-0.05, 0) is 24.6 Å². The van der Waals surface area contributed by atoms with Crippen LogP contribution in [0.25, 0.3) is 0 Å². The van der Waals surface area contributed by atoms with Crippen molar-refractivity contribution >= 4 is 29.5 Å². The van der Waals surface area contributed by atoms with Crippen LogP contribution in [-0.4, -0.2) is 284 Å². The fourth-order valence-electron chi connectivity index (χ4n) is 11.4. The van der Waals surface area contributed by atoms with Gasteiger partial charge in [0.2, 0.25) is 23.6 Å². The number of hydrogen-bond donors (Lipinski definition) is 17. The number of amides is 5. The van der Waals surface area contributed by atoms with Gasteiger partial charge in [-0.3, -0.25) is 24.0 Å². The molecule has 1 aromatic carbocycles. The quantitative estimate of drug-likeness (QED) is 0.0319. The van der Waals surface area contributed by atoms with Gasteiger partial charge in [0.1, 0.15) is 128 Å². The van der Waals surface area contributed by atoms with Crippen LogP contribution in [-0.2, 0) is 61.8 Å². The number of benzene rings is 1. The lowest BCUT2D eigenvalue weighted by Gasteiger charge is -2.51. The molecule has 5 aliphatic heterocycles. The molecule has 0 bridgehead atoms. The third-order valence-electron chi connectivity index (χ3n) is 15.9. The number of carbonyl (C=O) groups excluding carboxylic acids is 5. The summed E-state index contributed by atoms with van der Waals surface area (Å²) in [6.07, 6.45) is -25.8. The molecule has 0 aliphatic carbocycles. The number of ether oxygens (including phenoxy) is 10. The maximum atomic E-state index is 13.9. The second kappa shape index (κ2) is 34.8. The van der Waals surface area contributed by atoms with Crippen LogP contribution in [0.5, 0.6) is 5.75 Å². The predicted molar refractivity (Wildman–Crippen MR) is 297 cm³/mol. The van der Waals surface area contributed by atoms with Crippen molar-refractivity contribution in [1.29, 1.82) is 0 Å². The van der Waals surface area contributed by atoms with E-state index in [1.165, 1.54) is 44.2 Å². The van der Waals surface area contributed by atoms with E-state index in [4.69, 9.17) is 47.4 Å². The Labute approximate surface area is 508 Å². The molecule has 32 heteroatoms. The van der Waals surface area contributed by atoms with Crippen LogP contribution in [0, 0.1) is 0 Å². The Morgan fingerprint density at radius 3 is 1.15 bits per heavy atom. The van der Waals surface area contributed by atoms with Gasteiger partial charge in [0.05, 0.1) is 39.6 Å². The Hall–Kier alpha value is -4.47. The number of rotatable bonds is 30. The van der Waals surface area contributed by atoms with Crippen LogP contribution < -0.4 is 31.3 Å². The molecule has 6 rings (SSSR count). The molecular weight excluding hydrogens is 1170 g/mol. The summed E-state index contributed by atoms with van der Waals surface area (Å²) < 4.78 is 59.9. The second-order valence-corrected chi connectivity index (χ2v) is 22.6. The minimum Gasteiger partial charge on any atom is -0.494 e. The van der Waals surface area contributed by atoms with E-state index in [1.807, 2.05) is 0 Å². The Morgan fingerprint density at radius 1 is 0.420 bits per heavy atom. The van der Waals surface area contributed by atoms with Crippen LogP contribution in [0.3, 0.4) is 0 Å². The number of unbranched alkanes of at least 4 members (excludes halogenated alkanes) is 8. The smallest absolute Gasteiger partial charge is 0.251 e. The third kappa shape index (κ3) is 18.8. The zero-order chi connectivity index (χ0) is 64.5. The van der Waals surface area contributed by atoms with Crippen molar-refractivity contribution in [2.45, 2.75) is 246 Å². The van der Waals surface area contributed by atoms with Gasteiger partial charge < -0.3 is 135 Å². The lowest BCUT2D eigenvalue weighted by Crippen LogP contribution is -2.72. The van der Waals surface area contributed by atoms with Crippen molar-refractivity contribution in [2.24, 2.45) is 0 Å². The molecule has 0 radical (unpaired) electrons. The van der Waals surface area contributed by atoms with E-state index in [0.717, 1.165) is 53.4 Å². The highest BCUT2D eigenvalue weighted by Crippen LogP contribution is 2.36. The van der Waals surface area contributed by atoms with Gasteiger partial charge in [-0.2, -0.15) is 0 Å². The van der Waals surface area contributed by atoms with E-state index in [-0.39, 0.29) is 5.56 Å². The van der Waals surface area contributed by atoms with Gasteiger partial charge in [0, 0.05) is 33.3 Å². The molecule has 5 saturated heterocycles. The van der Waals surface area contributed by atoms with Gasteiger partial charge in [0.25, 0.3) is 5.91 Å². The minimum absolute atomic E-state index is 0.0716. The highest BCUT2D eigenvalue weighted by molar-refractivity contribution is 5.94. The minimum atomic E-state index is -2.03. The molecule has 17 N–H and O–H groups in total. The van der Waals surface area contributed by atoms with E-state index < -0.39 is 216 Å². The highest BCUT2D eigenvalue weighted by atomic mass is 16.8. The number of carbonyl (C=O) groups is 5. The summed E-state index contributed by atoms with van der Waals surface area (Å²) >= 11 is 0. The van der Waals surface area contributed by atoms with Crippen LogP contribution in [0.15, 0.2) is 24.3 Å². The summed E-state index contributed by atoms with van der Waals surface area (Å²) in [5.41, 5.74) is 0.0716. The largest absolute Gasteiger partial charge is 0.494 e. The maximum Gasteiger partial charge on any atom is 0.251 e. The molecule has 5 fully saturated rings. The number of hydrogen-bond acceptors (Lipinski definition) is 27. The molecule has 0 aromatic heterocycles. The van der Waals surface area contributed by atoms with Crippen LogP contribution >= 0.6 is 0 Å². The van der Waals surface area contributed by atoms with Gasteiger partial charge in [-0.25, -0.2) is 0 Å². The van der Waals surface area contributed by atoms with Gasteiger partial charge in [0.15, 0.2) is 31.5 Å². The summed E-state index contributed by atoms with van der Waals surface area (Å²) in [5, 5.41) is 145. The molecule has 25 atom stereocenters.